The Morgan fingerprint density at radius 2 is 2.00 bits per heavy atom. The molecule has 0 heterocycles. The first kappa shape index (κ1) is 11.7. The standard InChI is InChI=1S/C10H15N3OS/c11-5-6-13(12)7-8-15-10-3-1-9(14)2-4-10/h1-6,14H,7-8,11-12H2/b6-5-. The first-order valence-electron chi connectivity index (χ1n) is 4.54. The normalized spacial score (nSPS) is 10.7. The molecule has 0 radical (unpaired) electrons. The van der Waals surface area contributed by atoms with Crippen LogP contribution in [0, 0.1) is 0 Å². The van der Waals surface area contributed by atoms with Gasteiger partial charge in [-0.05, 0) is 24.3 Å². The molecule has 0 amide bonds. The number of hydrogen-bond acceptors (Lipinski definition) is 5. The van der Waals surface area contributed by atoms with Crippen molar-refractivity contribution in [3.8, 4) is 5.75 Å². The molecule has 4 nitrogen and oxygen atoms in total. The fraction of sp³-hybridized carbons (Fsp3) is 0.200. The molecule has 0 bridgehead atoms. The molecule has 5 heteroatoms. The highest BCUT2D eigenvalue weighted by molar-refractivity contribution is 7.99. The lowest BCUT2D eigenvalue weighted by Gasteiger charge is -2.12. The van der Waals surface area contributed by atoms with Crippen molar-refractivity contribution < 1.29 is 5.11 Å². The Hall–Kier alpha value is -1.33. The fourth-order valence-corrected chi connectivity index (χ4v) is 1.86. The van der Waals surface area contributed by atoms with Crippen molar-refractivity contribution in [2.24, 2.45) is 11.6 Å². The van der Waals surface area contributed by atoms with Crippen molar-refractivity contribution in [3.63, 3.8) is 0 Å². The van der Waals surface area contributed by atoms with E-state index in [2.05, 4.69) is 0 Å². The van der Waals surface area contributed by atoms with Gasteiger partial charge in [0.05, 0.1) is 0 Å². The third kappa shape index (κ3) is 4.62. The molecule has 1 aromatic rings. The van der Waals surface area contributed by atoms with Gasteiger partial charge < -0.3 is 15.8 Å². The Balaban J connectivity index is 2.28. The fourth-order valence-electron chi connectivity index (χ4n) is 0.996. The third-order valence-electron chi connectivity index (χ3n) is 1.73. The van der Waals surface area contributed by atoms with E-state index in [-0.39, 0.29) is 5.75 Å². The minimum Gasteiger partial charge on any atom is -0.508 e. The summed E-state index contributed by atoms with van der Waals surface area (Å²) < 4.78 is 0. The van der Waals surface area contributed by atoms with E-state index in [0.29, 0.717) is 0 Å². The molecule has 0 spiro atoms. The zero-order valence-corrected chi connectivity index (χ0v) is 9.15. The number of hydrazine groups is 1. The number of benzene rings is 1. The predicted molar refractivity (Wildman–Crippen MR) is 63.1 cm³/mol. The number of nitrogens with two attached hydrogens (primary N) is 2. The molecule has 0 fully saturated rings. The molecule has 0 aromatic heterocycles. The van der Waals surface area contributed by atoms with E-state index >= 15 is 0 Å². The smallest absolute Gasteiger partial charge is 0.115 e. The lowest BCUT2D eigenvalue weighted by atomic mass is 10.3. The van der Waals surface area contributed by atoms with Gasteiger partial charge in [-0.3, -0.25) is 0 Å². The molecule has 0 saturated carbocycles. The van der Waals surface area contributed by atoms with Crippen LogP contribution in [-0.4, -0.2) is 22.4 Å². The lowest BCUT2D eigenvalue weighted by molar-refractivity contribution is 0.419. The summed E-state index contributed by atoms with van der Waals surface area (Å²) in [4.78, 5) is 1.11. The van der Waals surface area contributed by atoms with Crippen LogP contribution in [0.15, 0.2) is 41.6 Å². The number of rotatable bonds is 5. The maximum atomic E-state index is 9.08. The molecule has 0 saturated heterocycles. The summed E-state index contributed by atoms with van der Waals surface area (Å²) >= 11 is 1.68. The largest absolute Gasteiger partial charge is 0.508 e. The summed E-state index contributed by atoms with van der Waals surface area (Å²) in [6.45, 7) is 0.721. The molecule has 0 aliphatic rings. The molecule has 0 unspecified atom stereocenters. The highest BCUT2D eigenvalue weighted by Gasteiger charge is 1.96. The number of aromatic hydroxyl groups is 1. The predicted octanol–water partition coefficient (Wildman–Crippen LogP) is 1.09. The molecule has 0 aliphatic carbocycles. The van der Waals surface area contributed by atoms with Crippen molar-refractivity contribution in [1.29, 1.82) is 0 Å². The van der Waals surface area contributed by atoms with Crippen LogP contribution in [0.4, 0.5) is 0 Å². The van der Waals surface area contributed by atoms with Crippen molar-refractivity contribution in [3.05, 3.63) is 36.7 Å². The summed E-state index contributed by atoms with van der Waals surface area (Å²) in [7, 11) is 0. The van der Waals surface area contributed by atoms with Gasteiger partial charge in [0.1, 0.15) is 5.75 Å². The maximum absolute atomic E-state index is 9.08. The molecule has 15 heavy (non-hydrogen) atoms. The van der Waals surface area contributed by atoms with Crippen molar-refractivity contribution in [2.45, 2.75) is 4.90 Å². The highest BCUT2D eigenvalue weighted by Crippen LogP contribution is 2.20. The van der Waals surface area contributed by atoms with Gasteiger partial charge in [0.25, 0.3) is 0 Å². The summed E-state index contributed by atoms with van der Waals surface area (Å²) in [6, 6.07) is 7.09. The first-order valence-corrected chi connectivity index (χ1v) is 5.52. The molecular weight excluding hydrogens is 210 g/mol. The quantitative estimate of drug-likeness (QED) is 0.397. The van der Waals surface area contributed by atoms with Gasteiger partial charge in [0.2, 0.25) is 0 Å². The van der Waals surface area contributed by atoms with Crippen molar-refractivity contribution in [2.75, 3.05) is 12.3 Å². The average Bonchev–Trinajstić information content (AvgIpc) is 2.21. The minimum absolute atomic E-state index is 0.283. The third-order valence-corrected chi connectivity index (χ3v) is 2.72. The number of phenols is 1. The average molecular weight is 225 g/mol. The molecule has 5 N–H and O–H groups in total. The molecular formula is C10H15N3OS. The van der Waals surface area contributed by atoms with Gasteiger partial charge in [-0.15, -0.1) is 11.8 Å². The lowest BCUT2D eigenvalue weighted by Crippen LogP contribution is -2.27. The number of phenolic OH excluding ortho intramolecular Hbond substituents is 1. The van der Waals surface area contributed by atoms with E-state index in [1.54, 1.807) is 30.1 Å². The molecule has 0 atom stereocenters. The van der Waals surface area contributed by atoms with Gasteiger partial charge >= 0.3 is 0 Å². The Morgan fingerprint density at radius 1 is 1.33 bits per heavy atom. The van der Waals surface area contributed by atoms with Gasteiger partial charge in [0, 0.05) is 29.6 Å². The summed E-state index contributed by atoms with van der Waals surface area (Å²) in [5.41, 5.74) is 5.19. The summed E-state index contributed by atoms with van der Waals surface area (Å²) in [5, 5.41) is 10.6. The van der Waals surface area contributed by atoms with Crippen LogP contribution < -0.4 is 11.6 Å². The monoisotopic (exact) mass is 225 g/mol. The number of thioether (sulfide) groups is 1. The molecule has 1 aromatic carbocycles. The van der Waals surface area contributed by atoms with E-state index in [0.717, 1.165) is 17.2 Å². The van der Waals surface area contributed by atoms with E-state index in [4.69, 9.17) is 16.7 Å². The molecule has 0 aliphatic heterocycles. The van der Waals surface area contributed by atoms with Gasteiger partial charge in [0.15, 0.2) is 0 Å². The van der Waals surface area contributed by atoms with Crippen LogP contribution >= 0.6 is 11.8 Å². The highest BCUT2D eigenvalue weighted by atomic mass is 32.2. The van der Waals surface area contributed by atoms with Crippen LogP contribution in [0.3, 0.4) is 0 Å². The Bertz CT molecular complexity index is 313. The zero-order chi connectivity index (χ0) is 11.1. The van der Waals surface area contributed by atoms with E-state index in [9.17, 15) is 0 Å². The van der Waals surface area contributed by atoms with E-state index < -0.39 is 0 Å². The van der Waals surface area contributed by atoms with E-state index in [1.807, 2.05) is 12.1 Å². The van der Waals surface area contributed by atoms with E-state index in [1.165, 1.54) is 11.2 Å². The minimum atomic E-state index is 0.283. The van der Waals surface area contributed by atoms with Crippen molar-refractivity contribution in [1.82, 2.24) is 5.01 Å². The van der Waals surface area contributed by atoms with Crippen LogP contribution in [0.25, 0.3) is 0 Å². The molecule has 1 rings (SSSR count). The molecule has 82 valence electrons. The zero-order valence-electron chi connectivity index (χ0n) is 8.34. The van der Waals surface area contributed by atoms with Crippen LogP contribution in [-0.2, 0) is 0 Å². The van der Waals surface area contributed by atoms with Crippen LogP contribution in [0.5, 0.6) is 5.75 Å². The van der Waals surface area contributed by atoms with Crippen LogP contribution in [0.1, 0.15) is 0 Å². The van der Waals surface area contributed by atoms with Gasteiger partial charge in [-0.25, -0.2) is 5.84 Å². The van der Waals surface area contributed by atoms with Gasteiger partial charge in [-0.2, -0.15) is 0 Å². The Labute approximate surface area is 93.5 Å². The topological polar surface area (TPSA) is 75.5 Å². The second kappa shape index (κ2) is 6.21. The number of nitrogens with zero attached hydrogens (tertiary/aromatic N) is 1. The van der Waals surface area contributed by atoms with Crippen molar-refractivity contribution >= 4 is 11.8 Å². The summed E-state index contributed by atoms with van der Waals surface area (Å²) in [5.74, 6) is 6.74. The second-order valence-electron chi connectivity index (χ2n) is 2.92. The SMILES string of the molecule is N/C=C\N(N)CCSc1ccc(O)cc1. The Kier molecular flexibility index (Phi) is 4.86. The second-order valence-corrected chi connectivity index (χ2v) is 4.09. The number of hydrogen-bond donors (Lipinski definition) is 3. The summed E-state index contributed by atoms with van der Waals surface area (Å²) in [6.07, 6.45) is 3.03. The maximum Gasteiger partial charge on any atom is 0.115 e. The Morgan fingerprint density at radius 3 is 2.60 bits per heavy atom. The van der Waals surface area contributed by atoms with Gasteiger partial charge in [-0.1, -0.05) is 0 Å². The first-order chi connectivity index (χ1) is 7.22. The van der Waals surface area contributed by atoms with Crippen LogP contribution in [0.2, 0.25) is 0 Å².